The first-order valence-corrected chi connectivity index (χ1v) is 19.7. The Hall–Kier alpha value is -7.44. The minimum Gasteiger partial charge on any atom is -0.458 e. The molecule has 0 aliphatic rings. The lowest BCUT2D eigenvalue weighted by atomic mass is 9.84. The molecule has 4 heterocycles. The van der Waals surface area contributed by atoms with Gasteiger partial charge in [-0.15, -0.1) is 0 Å². The highest BCUT2D eigenvalue weighted by Crippen LogP contribution is 2.40. The lowest BCUT2D eigenvalue weighted by molar-refractivity contribution is -0.571. The van der Waals surface area contributed by atoms with E-state index < -0.39 is 0 Å². The largest absolute Gasteiger partial charge is 0.458 e. The summed E-state index contributed by atoms with van der Waals surface area (Å²) in [4.78, 5) is 4.71. The molecule has 0 radical (unpaired) electrons. The summed E-state index contributed by atoms with van der Waals surface area (Å²) in [6.07, 6.45) is 5.69. The van der Waals surface area contributed by atoms with Gasteiger partial charge < -0.3 is 9.30 Å². The number of para-hydroxylation sites is 5. The first kappa shape index (κ1) is 33.9. The number of benzene rings is 7. The van der Waals surface area contributed by atoms with Crippen LogP contribution in [-0.4, -0.2) is 18.7 Å². The third-order valence-electron chi connectivity index (χ3n) is 11.3. The van der Waals surface area contributed by atoms with E-state index in [1.165, 1.54) is 27.2 Å². The highest BCUT2D eigenvalue weighted by atomic mass is 16.5. The summed E-state index contributed by atoms with van der Waals surface area (Å²) in [6.45, 7) is 6.88. The molecule has 6 heteroatoms. The van der Waals surface area contributed by atoms with Gasteiger partial charge in [-0.25, -0.2) is 4.98 Å². The van der Waals surface area contributed by atoms with Gasteiger partial charge in [-0.3, -0.25) is 13.7 Å². The lowest BCUT2D eigenvalue weighted by Gasteiger charge is -2.25. The molecule has 0 fully saturated rings. The molecule has 0 N–H and O–H groups in total. The second-order valence-corrected chi connectivity index (χ2v) is 15.9. The van der Waals surface area contributed by atoms with Gasteiger partial charge in [0.2, 0.25) is 0 Å². The zero-order valence-electron chi connectivity index (χ0n) is 32.5. The molecule has 0 unspecified atom stereocenters. The van der Waals surface area contributed by atoms with Crippen molar-refractivity contribution in [1.29, 1.82) is 0 Å². The van der Waals surface area contributed by atoms with E-state index in [1.807, 2.05) is 30.5 Å². The Morgan fingerprint density at radius 2 is 1.16 bits per heavy atom. The zero-order chi connectivity index (χ0) is 39.0. The van der Waals surface area contributed by atoms with Gasteiger partial charge in [0.1, 0.15) is 17.3 Å². The average molecular weight is 750 g/mol. The van der Waals surface area contributed by atoms with Gasteiger partial charge in [-0.2, -0.15) is 0 Å². The van der Waals surface area contributed by atoms with Crippen LogP contribution in [0.15, 0.2) is 182 Å². The molecule has 4 aromatic heterocycles. The second kappa shape index (κ2) is 13.1. The fourth-order valence-electron chi connectivity index (χ4n) is 8.70. The number of nitrogens with zero attached hydrogens (tertiary/aromatic N) is 5. The SMILES string of the molecule is CC(C)(C)c1ccc2c3ccccc3n(-c3ccccc3)c2c1-[n+]1[c-]n(-c2cccc(Oc3ccc4c5ccccc5n(-c5ccccn5)c4c3)c2)c2ccccc21. The average Bonchev–Trinajstić information content (AvgIpc) is 3.92. The van der Waals surface area contributed by atoms with E-state index in [9.17, 15) is 0 Å². The molecule has 0 bridgehead atoms. The molecule has 0 spiro atoms. The van der Waals surface area contributed by atoms with Crippen molar-refractivity contribution in [3.63, 3.8) is 0 Å². The molecule has 0 aliphatic carbocycles. The van der Waals surface area contributed by atoms with E-state index in [4.69, 9.17) is 9.72 Å². The first-order chi connectivity index (χ1) is 28.4. The van der Waals surface area contributed by atoms with Crippen LogP contribution >= 0.6 is 0 Å². The fraction of sp³-hybridized carbons (Fsp3) is 0.0769. The molecule has 58 heavy (non-hydrogen) atoms. The molecule has 0 saturated heterocycles. The summed E-state index contributed by atoms with van der Waals surface area (Å²) in [7, 11) is 0. The van der Waals surface area contributed by atoms with Crippen molar-refractivity contribution in [1.82, 2.24) is 18.7 Å². The maximum absolute atomic E-state index is 6.69. The van der Waals surface area contributed by atoms with Crippen LogP contribution in [0.1, 0.15) is 26.3 Å². The Kier molecular flexibility index (Phi) is 7.63. The van der Waals surface area contributed by atoms with Crippen molar-refractivity contribution in [3.8, 4) is 34.4 Å². The highest BCUT2D eigenvalue weighted by Gasteiger charge is 2.27. The Bertz CT molecular complexity index is 3350. The third-order valence-corrected chi connectivity index (χ3v) is 11.3. The molecular formula is C52H39N5O. The Morgan fingerprint density at radius 1 is 0.517 bits per heavy atom. The first-order valence-electron chi connectivity index (χ1n) is 19.7. The van der Waals surface area contributed by atoms with E-state index in [2.05, 4.69) is 197 Å². The predicted octanol–water partition coefficient (Wildman–Crippen LogP) is 12.4. The predicted molar refractivity (Wildman–Crippen MR) is 235 cm³/mol. The fourth-order valence-corrected chi connectivity index (χ4v) is 8.70. The molecule has 11 aromatic rings. The van der Waals surface area contributed by atoms with Crippen LogP contribution in [0.3, 0.4) is 0 Å². The summed E-state index contributed by atoms with van der Waals surface area (Å²) < 4.78 is 15.7. The van der Waals surface area contributed by atoms with Crippen LogP contribution in [-0.2, 0) is 5.41 Å². The van der Waals surface area contributed by atoms with Crippen LogP contribution in [0.2, 0.25) is 0 Å². The summed E-state index contributed by atoms with van der Waals surface area (Å²) >= 11 is 0. The maximum atomic E-state index is 6.69. The minimum atomic E-state index is -0.164. The number of rotatable bonds is 6. The van der Waals surface area contributed by atoms with E-state index in [1.54, 1.807) is 0 Å². The van der Waals surface area contributed by atoms with Crippen molar-refractivity contribution < 1.29 is 9.30 Å². The number of aromatic nitrogens is 5. The van der Waals surface area contributed by atoms with Crippen molar-refractivity contribution in [2.45, 2.75) is 26.2 Å². The maximum Gasteiger partial charge on any atom is 0.269 e. The van der Waals surface area contributed by atoms with Gasteiger partial charge in [0.05, 0.1) is 44.5 Å². The number of pyridine rings is 1. The molecule has 0 atom stereocenters. The van der Waals surface area contributed by atoms with Crippen LogP contribution in [0.5, 0.6) is 11.5 Å². The van der Waals surface area contributed by atoms with Gasteiger partial charge in [-0.1, -0.05) is 124 Å². The number of hydrogen-bond acceptors (Lipinski definition) is 2. The molecule has 0 saturated carbocycles. The monoisotopic (exact) mass is 749 g/mol. The Morgan fingerprint density at radius 3 is 1.93 bits per heavy atom. The second-order valence-electron chi connectivity index (χ2n) is 15.9. The quantitative estimate of drug-likeness (QED) is 0.125. The summed E-state index contributed by atoms with van der Waals surface area (Å²) in [5, 5.41) is 4.75. The minimum absolute atomic E-state index is 0.164. The van der Waals surface area contributed by atoms with Crippen LogP contribution in [0, 0.1) is 6.33 Å². The summed E-state index contributed by atoms with van der Waals surface area (Å²) in [5.74, 6) is 2.35. The lowest BCUT2D eigenvalue weighted by Crippen LogP contribution is -2.34. The molecule has 0 aliphatic heterocycles. The standard InChI is InChI=1S/C52H39N5O/c1-52(2,3)43-30-29-42-40-21-8-9-22-44(40)56(35-16-5-4-6-17-35)50(42)51(43)55-34-54(46-24-11-12-25-47(46)55)36-18-15-19-37(32-36)58-38-27-28-41-39-20-7-10-23-45(39)57(48(41)33-38)49-26-13-14-31-53-49/h4-33H,1-3H3. The molecule has 6 nitrogen and oxygen atoms in total. The molecular weight excluding hydrogens is 711 g/mol. The molecule has 278 valence electrons. The highest BCUT2D eigenvalue weighted by molar-refractivity contribution is 6.12. The van der Waals surface area contributed by atoms with E-state index in [0.29, 0.717) is 0 Å². The smallest absolute Gasteiger partial charge is 0.269 e. The number of hydrogen-bond donors (Lipinski definition) is 0. The van der Waals surface area contributed by atoms with Crippen LogP contribution < -0.4 is 9.30 Å². The summed E-state index contributed by atoms with van der Waals surface area (Å²) in [6, 6.07) is 61.6. The van der Waals surface area contributed by atoms with Gasteiger partial charge in [-0.05, 0) is 77.7 Å². The van der Waals surface area contributed by atoms with E-state index in [-0.39, 0.29) is 5.41 Å². The van der Waals surface area contributed by atoms with Crippen molar-refractivity contribution in [2.24, 2.45) is 0 Å². The number of ether oxygens (including phenoxy) is 1. The van der Waals surface area contributed by atoms with E-state index >= 15 is 0 Å². The topological polar surface area (TPSA) is 40.8 Å². The molecule has 11 rings (SSSR count). The van der Waals surface area contributed by atoms with Gasteiger partial charge >= 0.3 is 0 Å². The normalized spacial score (nSPS) is 12.1. The van der Waals surface area contributed by atoms with Gasteiger partial charge in [0, 0.05) is 39.5 Å². The molecule has 0 amide bonds. The summed E-state index contributed by atoms with van der Waals surface area (Å²) in [5.41, 5.74) is 10.8. The molecule has 7 aromatic carbocycles. The van der Waals surface area contributed by atoms with Gasteiger partial charge in [0.15, 0.2) is 0 Å². The van der Waals surface area contributed by atoms with Crippen molar-refractivity contribution in [3.05, 3.63) is 194 Å². The number of fused-ring (bicyclic) bond motifs is 7. The Balaban J connectivity index is 1.08. The number of imidazole rings is 1. The van der Waals surface area contributed by atoms with Crippen molar-refractivity contribution >= 4 is 54.6 Å². The van der Waals surface area contributed by atoms with Crippen LogP contribution in [0.4, 0.5) is 0 Å². The third kappa shape index (κ3) is 5.33. The Labute approximate surface area is 336 Å². The zero-order valence-corrected chi connectivity index (χ0v) is 32.5. The van der Waals surface area contributed by atoms with Crippen LogP contribution in [0.25, 0.3) is 77.5 Å². The van der Waals surface area contributed by atoms with E-state index in [0.717, 1.165) is 67.3 Å². The van der Waals surface area contributed by atoms with Crippen molar-refractivity contribution in [2.75, 3.05) is 0 Å². The van der Waals surface area contributed by atoms with Gasteiger partial charge in [0.25, 0.3) is 6.33 Å².